The summed E-state index contributed by atoms with van der Waals surface area (Å²) in [7, 11) is 0. The fourth-order valence-electron chi connectivity index (χ4n) is 3.75. The molecule has 2 heterocycles. The minimum absolute atomic E-state index is 0.0564. The maximum atomic E-state index is 14.5. The second-order valence-corrected chi connectivity index (χ2v) is 8.12. The van der Waals surface area contributed by atoms with E-state index in [0.717, 1.165) is 0 Å². The van der Waals surface area contributed by atoms with Crippen molar-refractivity contribution < 1.29 is 67.9 Å². The molecule has 0 saturated carbocycles. The zero-order valence-electron chi connectivity index (χ0n) is 18.8. The van der Waals surface area contributed by atoms with Gasteiger partial charge in [-0.25, -0.2) is 8.78 Å². The van der Waals surface area contributed by atoms with E-state index in [9.17, 15) is 39.5 Å². The van der Waals surface area contributed by atoms with Gasteiger partial charge < -0.3 is 23.7 Å². The van der Waals surface area contributed by atoms with E-state index in [0.29, 0.717) is 13.0 Å². The largest absolute Gasteiger partial charge is 0.573 e. The van der Waals surface area contributed by atoms with Gasteiger partial charge in [0.05, 0.1) is 25.2 Å². The Balaban J connectivity index is 1.53. The van der Waals surface area contributed by atoms with Gasteiger partial charge in [0.15, 0.2) is 17.9 Å². The van der Waals surface area contributed by atoms with Crippen molar-refractivity contribution in [3.8, 4) is 11.5 Å². The first-order chi connectivity index (χ1) is 16.7. The summed E-state index contributed by atoms with van der Waals surface area (Å²) < 4.78 is 150. The van der Waals surface area contributed by atoms with E-state index in [4.69, 9.17) is 14.2 Å². The fraction of sp³-hybridized carbons (Fsp3) is 0.714. The molecule has 4 atom stereocenters. The molecule has 0 N–H and O–H groups in total. The van der Waals surface area contributed by atoms with Crippen LogP contribution in [-0.2, 0) is 18.9 Å². The van der Waals surface area contributed by atoms with Crippen LogP contribution in [0.25, 0.3) is 0 Å². The topological polar surface area (TPSA) is 55.4 Å². The Kier molecular flexibility index (Phi) is 8.89. The molecule has 2 fully saturated rings. The Hall–Kier alpha value is -1.97. The van der Waals surface area contributed by atoms with Crippen molar-refractivity contribution in [3.05, 3.63) is 23.8 Å². The van der Waals surface area contributed by atoms with E-state index in [1.165, 1.54) is 0 Å². The predicted molar refractivity (Wildman–Crippen MR) is 102 cm³/mol. The normalized spacial score (nSPS) is 26.1. The Labute approximate surface area is 199 Å². The minimum Gasteiger partial charge on any atom is -0.432 e. The summed E-state index contributed by atoms with van der Waals surface area (Å²) in [6.45, 7) is 1.29. The van der Waals surface area contributed by atoms with E-state index < -0.39 is 79.5 Å². The van der Waals surface area contributed by atoms with Gasteiger partial charge >= 0.3 is 18.6 Å². The summed E-state index contributed by atoms with van der Waals surface area (Å²) in [6.07, 6.45) is -17.3. The van der Waals surface area contributed by atoms with Crippen LogP contribution in [0.15, 0.2) is 12.1 Å². The van der Waals surface area contributed by atoms with Crippen LogP contribution in [0.5, 0.6) is 11.5 Å². The maximum absolute atomic E-state index is 14.5. The molecule has 0 bridgehead atoms. The van der Waals surface area contributed by atoms with Crippen LogP contribution in [0, 0.1) is 17.6 Å². The van der Waals surface area contributed by atoms with E-state index in [-0.39, 0.29) is 31.3 Å². The lowest BCUT2D eigenvalue weighted by molar-refractivity contribution is -0.372. The van der Waals surface area contributed by atoms with Crippen molar-refractivity contribution >= 4 is 0 Å². The van der Waals surface area contributed by atoms with E-state index in [1.807, 2.05) is 0 Å². The molecule has 1 aromatic carbocycles. The number of rotatable bonds is 9. The lowest BCUT2D eigenvalue weighted by atomic mass is 10.00. The van der Waals surface area contributed by atoms with Crippen LogP contribution >= 0.6 is 0 Å². The highest BCUT2D eigenvalue weighted by molar-refractivity contribution is 5.35. The highest BCUT2D eigenvalue weighted by Crippen LogP contribution is 2.40. The van der Waals surface area contributed by atoms with Crippen molar-refractivity contribution in [1.29, 1.82) is 0 Å². The summed E-state index contributed by atoms with van der Waals surface area (Å²) in [5.74, 6) is -8.54. The van der Waals surface area contributed by atoms with Crippen LogP contribution in [0.2, 0.25) is 0 Å². The van der Waals surface area contributed by atoms with Crippen molar-refractivity contribution in [2.24, 2.45) is 5.92 Å². The SMILES string of the molecule is CCOC1CCC(C(F)(F)OC2CCC(C(F)(F)Oc3cc(F)c(OC(F)(F)F)c(F)c3)CO2)OC1. The van der Waals surface area contributed by atoms with Gasteiger partial charge in [0.25, 0.3) is 0 Å². The number of halogens is 9. The third kappa shape index (κ3) is 7.52. The highest BCUT2D eigenvalue weighted by Gasteiger charge is 2.50. The molecule has 6 nitrogen and oxygen atoms in total. The van der Waals surface area contributed by atoms with Crippen LogP contribution < -0.4 is 9.47 Å². The first kappa shape index (κ1) is 28.6. The molecule has 0 aromatic heterocycles. The molecule has 2 saturated heterocycles. The average molecular weight is 542 g/mol. The standard InChI is InChI=1S/C21H23F9O6/c1-2-31-12-4-5-16(32-10-12)20(26,27)35-17-6-3-11(9-33-17)19(24,25)34-13-7-14(22)18(15(23)8-13)36-21(28,29)30/h7-8,11-12,16-17H,2-6,9-10H2,1H3. The van der Waals surface area contributed by atoms with Crippen LogP contribution in [0.4, 0.5) is 39.5 Å². The third-order valence-electron chi connectivity index (χ3n) is 5.45. The van der Waals surface area contributed by atoms with Crippen LogP contribution in [-0.4, -0.2) is 56.9 Å². The lowest BCUT2D eigenvalue weighted by Gasteiger charge is -2.37. The monoisotopic (exact) mass is 542 g/mol. The Morgan fingerprint density at radius 1 is 0.833 bits per heavy atom. The second-order valence-electron chi connectivity index (χ2n) is 8.12. The van der Waals surface area contributed by atoms with Gasteiger partial charge in [0.2, 0.25) is 5.75 Å². The van der Waals surface area contributed by atoms with Gasteiger partial charge in [-0.1, -0.05) is 0 Å². The average Bonchev–Trinajstić information content (AvgIpc) is 2.76. The molecule has 206 valence electrons. The van der Waals surface area contributed by atoms with Gasteiger partial charge in [-0.15, -0.1) is 13.2 Å². The smallest absolute Gasteiger partial charge is 0.432 e. The first-order valence-corrected chi connectivity index (χ1v) is 10.9. The molecular weight excluding hydrogens is 519 g/mol. The summed E-state index contributed by atoms with van der Waals surface area (Å²) in [6, 6.07) is 0.184. The molecular formula is C21H23F9O6. The molecule has 15 heteroatoms. The predicted octanol–water partition coefficient (Wildman–Crippen LogP) is 5.78. The molecule has 2 aliphatic heterocycles. The Bertz CT molecular complexity index is 843. The molecule has 0 radical (unpaired) electrons. The molecule has 0 spiro atoms. The van der Waals surface area contributed by atoms with Crippen molar-refractivity contribution in [1.82, 2.24) is 0 Å². The zero-order valence-corrected chi connectivity index (χ0v) is 18.8. The van der Waals surface area contributed by atoms with Crippen molar-refractivity contribution in [3.63, 3.8) is 0 Å². The quantitative estimate of drug-likeness (QED) is 0.369. The molecule has 0 amide bonds. The number of hydrogen-bond acceptors (Lipinski definition) is 6. The first-order valence-electron chi connectivity index (χ1n) is 10.9. The van der Waals surface area contributed by atoms with Crippen molar-refractivity contribution in [2.75, 3.05) is 19.8 Å². The Morgan fingerprint density at radius 3 is 2.00 bits per heavy atom. The van der Waals surface area contributed by atoms with Crippen molar-refractivity contribution in [2.45, 2.75) is 69.7 Å². The summed E-state index contributed by atoms with van der Waals surface area (Å²) in [4.78, 5) is 0. The maximum Gasteiger partial charge on any atom is 0.573 e. The summed E-state index contributed by atoms with van der Waals surface area (Å²) >= 11 is 0. The van der Waals surface area contributed by atoms with Gasteiger partial charge in [-0.3, -0.25) is 4.74 Å². The minimum atomic E-state index is -5.42. The fourth-order valence-corrected chi connectivity index (χ4v) is 3.75. The molecule has 2 aliphatic rings. The molecule has 4 unspecified atom stereocenters. The molecule has 3 rings (SSSR count). The van der Waals surface area contributed by atoms with E-state index in [2.05, 4.69) is 14.2 Å². The number of alkyl halides is 7. The lowest BCUT2D eigenvalue weighted by Crippen LogP contribution is -2.48. The number of hydrogen-bond donors (Lipinski definition) is 0. The molecule has 0 aliphatic carbocycles. The van der Waals surface area contributed by atoms with E-state index >= 15 is 0 Å². The highest BCUT2D eigenvalue weighted by atomic mass is 19.4. The number of ether oxygens (including phenoxy) is 6. The van der Waals surface area contributed by atoms with Gasteiger partial charge in [0.1, 0.15) is 11.9 Å². The summed E-state index contributed by atoms with van der Waals surface area (Å²) in [5.41, 5.74) is 0. The van der Waals surface area contributed by atoms with Gasteiger partial charge in [0, 0.05) is 18.7 Å². The van der Waals surface area contributed by atoms with Gasteiger partial charge in [-0.2, -0.15) is 17.6 Å². The molecule has 36 heavy (non-hydrogen) atoms. The van der Waals surface area contributed by atoms with Crippen LogP contribution in [0.1, 0.15) is 32.6 Å². The van der Waals surface area contributed by atoms with Crippen LogP contribution in [0.3, 0.4) is 0 Å². The third-order valence-corrected chi connectivity index (χ3v) is 5.45. The molecule has 1 aromatic rings. The number of benzene rings is 1. The van der Waals surface area contributed by atoms with E-state index in [1.54, 1.807) is 6.92 Å². The van der Waals surface area contributed by atoms with Gasteiger partial charge in [-0.05, 0) is 32.6 Å². The Morgan fingerprint density at radius 2 is 1.50 bits per heavy atom. The summed E-state index contributed by atoms with van der Waals surface area (Å²) in [5, 5.41) is 0. The zero-order chi connectivity index (χ0) is 26.7. The second kappa shape index (κ2) is 11.2.